The fourth-order valence-corrected chi connectivity index (χ4v) is 1.61. The van der Waals surface area contributed by atoms with Gasteiger partial charge in [-0.2, -0.15) is 0 Å². The Bertz CT molecular complexity index is 564. The van der Waals surface area contributed by atoms with Gasteiger partial charge in [0, 0.05) is 6.20 Å². The van der Waals surface area contributed by atoms with Crippen molar-refractivity contribution in [2.45, 2.75) is 13.5 Å². The Morgan fingerprint density at radius 3 is 2.74 bits per heavy atom. The predicted molar refractivity (Wildman–Crippen MR) is 71.1 cm³/mol. The van der Waals surface area contributed by atoms with Crippen molar-refractivity contribution in [2.75, 3.05) is 7.11 Å². The largest absolute Gasteiger partial charge is 0.487 e. The summed E-state index contributed by atoms with van der Waals surface area (Å²) in [5.74, 6) is 0.414. The van der Waals surface area contributed by atoms with E-state index in [-0.39, 0.29) is 0 Å². The first-order chi connectivity index (χ1) is 9.19. The first-order valence-electron chi connectivity index (χ1n) is 5.92. The van der Waals surface area contributed by atoms with E-state index in [1.807, 2.05) is 31.2 Å². The Morgan fingerprint density at radius 1 is 1.26 bits per heavy atom. The lowest BCUT2D eigenvalue weighted by Crippen LogP contribution is -2.04. The second kappa shape index (κ2) is 6.00. The summed E-state index contributed by atoms with van der Waals surface area (Å²) < 4.78 is 10.2. The van der Waals surface area contributed by atoms with Crippen LogP contribution in [0.15, 0.2) is 42.6 Å². The molecule has 0 N–H and O–H groups in total. The monoisotopic (exact) mass is 257 g/mol. The number of aryl methyl sites for hydroxylation is 1. The summed E-state index contributed by atoms with van der Waals surface area (Å²) in [5, 5.41) is 0. The number of rotatable bonds is 4. The van der Waals surface area contributed by atoms with Gasteiger partial charge in [-0.25, -0.2) is 4.79 Å². The number of esters is 1. The van der Waals surface area contributed by atoms with Crippen molar-refractivity contribution < 1.29 is 14.3 Å². The molecular weight excluding hydrogens is 242 g/mol. The zero-order valence-corrected chi connectivity index (χ0v) is 10.9. The topological polar surface area (TPSA) is 48.4 Å². The van der Waals surface area contributed by atoms with Crippen LogP contribution in [-0.4, -0.2) is 18.1 Å². The molecule has 0 fully saturated rings. The molecule has 1 aromatic carbocycles. The second-order valence-corrected chi connectivity index (χ2v) is 4.13. The van der Waals surface area contributed by atoms with E-state index in [1.165, 1.54) is 13.3 Å². The van der Waals surface area contributed by atoms with E-state index < -0.39 is 5.97 Å². The SMILES string of the molecule is COC(=O)c1ccc(COc2cccc(C)c2)nc1. The molecule has 4 heteroatoms. The van der Waals surface area contributed by atoms with Crippen LogP contribution in [-0.2, 0) is 11.3 Å². The van der Waals surface area contributed by atoms with Crippen molar-refractivity contribution in [3.05, 3.63) is 59.4 Å². The van der Waals surface area contributed by atoms with Gasteiger partial charge in [0.15, 0.2) is 0 Å². The molecule has 0 aliphatic carbocycles. The minimum atomic E-state index is -0.390. The van der Waals surface area contributed by atoms with Crippen LogP contribution >= 0.6 is 0 Å². The molecule has 0 unspecified atom stereocenters. The number of ether oxygens (including phenoxy) is 2. The maximum Gasteiger partial charge on any atom is 0.339 e. The van der Waals surface area contributed by atoms with Gasteiger partial charge in [-0.1, -0.05) is 12.1 Å². The Morgan fingerprint density at radius 2 is 2.11 bits per heavy atom. The highest BCUT2D eigenvalue weighted by atomic mass is 16.5. The number of nitrogens with zero attached hydrogens (tertiary/aromatic N) is 1. The molecule has 0 saturated heterocycles. The quantitative estimate of drug-likeness (QED) is 0.790. The molecule has 1 heterocycles. The van der Waals surface area contributed by atoms with Crippen molar-refractivity contribution in [3.8, 4) is 5.75 Å². The Balaban J connectivity index is 1.98. The molecule has 2 aromatic rings. The third kappa shape index (κ3) is 3.55. The van der Waals surface area contributed by atoms with Gasteiger partial charge in [0.1, 0.15) is 12.4 Å². The molecule has 0 amide bonds. The maximum atomic E-state index is 11.2. The van der Waals surface area contributed by atoms with Crippen molar-refractivity contribution in [1.29, 1.82) is 0 Å². The van der Waals surface area contributed by atoms with E-state index >= 15 is 0 Å². The fourth-order valence-electron chi connectivity index (χ4n) is 1.61. The summed E-state index contributed by atoms with van der Waals surface area (Å²) >= 11 is 0. The average molecular weight is 257 g/mol. The molecule has 0 saturated carbocycles. The number of hydrogen-bond acceptors (Lipinski definition) is 4. The first kappa shape index (κ1) is 13.1. The highest BCUT2D eigenvalue weighted by molar-refractivity contribution is 5.88. The number of hydrogen-bond donors (Lipinski definition) is 0. The summed E-state index contributed by atoms with van der Waals surface area (Å²) in [7, 11) is 1.34. The molecule has 2 rings (SSSR count). The molecule has 0 aliphatic rings. The minimum absolute atomic E-state index is 0.366. The number of pyridine rings is 1. The molecule has 98 valence electrons. The molecule has 0 spiro atoms. The van der Waals surface area contributed by atoms with Crippen LogP contribution < -0.4 is 4.74 Å². The fraction of sp³-hybridized carbons (Fsp3) is 0.200. The summed E-state index contributed by atoms with van der Waals surface area (Å²) in [6.07, 6.45) is 1.49. The second-order valence-electron chi connectivity index (χ2n) is 4.13. The molecule has 0 radical (unpaired) electrons. The van der Waals surface area contributed by atoms with Crippen LogP contribution in [0.5, 0.6) is 5.75 Å². The molecule has 0 aliphatic heterocycles. The smallest absolute Gasteiger partial charge is 0.339 e. The third-order valence-electron chi connectivity index (χ3n) is 2.62. The number of carbonyl (C=O) groups is 1. The normalized spacial score (nSPS) is 10.0. The highest BCUT2D eigenvalue weighted by Gasteiger charge is 2.05. The van der Waals surface area contributed by atoms with Gasteiger partial charge in [-0.05, 0) is 36.8 Å². The van der Waals surface area contributed by atoms with Gasteiger partial charge in [0.05, 0.1) is 18.4 Å². The van der Waals surface area contributed by atoms with Crippen molar-refractivity contribution in [2.24, 2.45) is 0 Å². The average Bonchev–Trinajstić information content (AvgIpc) is 2.45. The molecule has 0 atom stereocenters. The van der Waals surface area contributed by atoms with Crippen molar-refractivity contribution >= 4 is 5.97 Å². The van der Waals surface area contributed by atoms with Gasteiger partial charge >= 0.3 is 5.97 Å². The Hall–Kier alpha value is -2.36. The van der Waals surface area contributed by atoms with Crippen LogP contribution in [0.4, 0.5) is 0 Å². The van der Waals surface area contributed by atoms with Crippen LogP contribution in [0.25, 0.3) is 0 Å². The van der Waals surface area contributed by atoms with Crippen molar-refractivity contribution in [3.63, 3.8) is 0 Å². The minimum Gasteiger partial charge on any atom is -0.487 e. The molecule has 1 aromatic heterocycles. The lowest BCUT2D eigenvalue weighted by molar-refractivity contribution is 0.0600. The van der Waals surface area contributed by atoms with Gasteiger partial charge in [0.25, 0.3) is 0 Å². The van der Waals surface area contributed by atoms with Crippen molar-refractivity contribution in [1.82, 2.24) is 4.98 Å². The standard InChI is InChI=1S/C15H15NO3/c1-11-4-3-5-14(8-11)19-10-13-7-6-12(9-16-13)15(17)18-2/h3-9H,10H2,1-2H3. The van der Waals surface area contributed by atoms with E-state index in [0.717, 1.165) is 17.0 Å². The summed E-state index contributed by atoms with van der Waals surface area (Å²) in [5.41, 5.74) is 2.34. The van der Waals surface area contributed by atoms with Gasteiger partial charge < -0.3 is 9.47 Å². The molecule has 0 bridgehead atoms. The van der Waals surface area contributed by atoms with Crippen LogP contribution in [0.1, 0.15) is 21.6 Å². The van der Waals surface area contributed by atoms with E-state index in [1.54, 1.807) is 12.1 Å². The molecule has 19 heavy (non-hydrogen) atoms. The summed E-state index contributed by atoms with van der Waals surface area (Å²) in [6.45, 7) is 2.38. The van der Waals surface area contributed by atoms with E-state index in [9.17, 15) is 4.79 Å². The van der Waals surface area contributed by atoms with E-state index in [2.05, 4.69) is 9.72 Å². The van der Waals surface area contributed by atoms with E-state index in [0.29, 0.717) is 12.2 Å². The maximum absolute atomic E-state index is 11.2. The van der Waals surface area contributed by atoms with Crippen LogP contribution in [0.3, 0.4) is 0 Å². The highest BCUT2D eigenvalue weighted by Crippen LogP contribution is 2.14. The third-order valence-corrected chi connectivity index (χ3v) is 2.62. The summed E-state index contributed by atoms with van der Waals surface area (Å²) in [4.78, 5) is 15.4. The van der Waals surface area contributed by atoms with E-state index in [4.69, 9.17) is 4.74 Å². The summed E-state index contributed by atoms with van der Waals surface area (Å²) in [6, 6.07) is 11.2. The van der Waals surface area contributed by atoms with Crippen LogP contribution in [0, 0.1) is 6.92 Å². The number of aromatic nitrogens is 1. The van der Waals surface area contributed by atoms with Gasteiger partial charge in [0.2, 0.25) is 0 Å². The number of benzene rings is 1. The number of methoxy groups -OCH3 is 1. The Kier molecular flexibility index (Phi) is 4.13. The zero-order valence-electron chi connectivity index (χ0n) is 10.9. The van der Waals surface area contributed by atoms with Gasteiger partial charge in [-0.15, -0.1) is 0 Å². The van der Waals surface area contributed by atoms with Gasteiger partial charge in [-0.3, -0.25) is 4.98 Å². The lowest BCUT2D eigenvalue weighted by atomic mass is 10.2. The number of carbonyl (C=O) groups excluding carboxylic acids is 1. The Labute approximate surface area is 112 Å². The predicted octanol–water partition coefficient (Wildman–Crippen LogP) is 2.76. The molecule has 4 nitrogen and oxygen atoms in total. The molecular formula is C15H15NO3. The van der Waals surface area contributed by atoms with Crippen LogP contribution in [0.2, 0.25) is 0 Å². The first-order valence-corrected chi connectivity index (χ1v) is 5.92. The lowest BCUT2D eigenvalue weighted by Gasteiger charge is -2.06. The zero-order chi connectivity index (χ0) is 13.7.